The molecule has 1 amide bonds. The third kappa shape index (κ3) is 5.77. The van der Waals surface area contributed by atoms with Crippen molar-refractivity contribution >= 4 is 17.5 Å². The van der Waals surface area contributed by atoms with Gasteiger partial charge in [-0.25, -0.2) is 0 Å². The Balaban J connectivity index is 1.53. The SMILES string of the molecule is CN=C(NCc1cccc(C(=O)NCCN(C)C)c1)NCc1nnc2ccccn12. The van der Waals surface area contributed by atoms with Gasteiger partial charge in [-0.15, -0.1) is 10.2 Å². The van der Waals surface area contributed by atoms with Crippen LogP contribution in [0.25, 0.3) is 5.65 Å². The number of aliphatic imine (C=N–C) groups is 1. The first kappa shape index (κ1) is 21.3. The molecule has 0 aliphatic rings. The van der Waals surface area contributed by atoms with E-state index >= 15 is 0 Å². The van der Waals surface area contributed by atoms with Gasteiger partial charge in [0.25, 0.3) is 5.91 Å². The highest BCUT2D eigenvalue weighted by atomic mass is 16.1. The second kappa shape index (κ2) is 10.4. The number of benzene rings is 1. The van der Waals surface area contributed by atoms with Gasteiger partial charge >= 0.3 is 0 Å². The van der Waals surface area contributed by atoms with Crippen LogP contribution in [0.2, 0.25) is 0 Å². The molecule has 2 aromatic heterocycles. The average molecular weight is 409 g/mol. The van der Waals surface area contributed by atoms with Crippen molar-refractivity contribution in [3.8, 4) is 0 Å². The molecule has 0 aliphatic carbocycles. The molecule has 3 N–H and O–H groups in total. The summed E-state index contributed by atoms with van der Waals surface area (Å²) in [6.07, 6.45) is 1.93. The second-order valence-electron chi connectivity index (χ2n) is 7.08. The number of likely N-dealkylation sites (N-methyl/N-ethyl adjacent to an activating group) is 1. The van der Waals surface area contributed by atoms with Crippen LogP contribution in [0.15, 0.2) is 53.7 Å². The van der Waals surface area contributed by atoms with E-state index in [4.69, 9.17) is 0 Å². The number of carbonyl (C=O) groups is 1. The summed E-state index contributed by atoms with van der Waals surface area (Å²) in [5.74, 6) is 1.37. The van der Waals surface area contributed by atoms with E-state index in [1.165, 1.54) is 0 Å². The van der Waals surface area contributed by atoms with Crippen molar-refractivity contribution in [3.05, 3.63) is 65.6 Å². The number of aromatic nitrogens is 3. The van der Waals surface area contributed by atoms with E-state index < -0.39 is 0 Å². The molecular weight excluding hydrogens is 380 g/mol. The zero-order valence-electron chi connectivity index (χ0n) is 17.6. The third-order valence-corrected chi connectivity index (χ3v) is 4.52. The van der Waals surface area contributed by atoms with Crippen LogP contribution in [0.4, 0.5) is 0 Å². The van der Waals surface area contributed by atoms with Gasteiger partial charge in [-0.2, -0.15) is 0 Å². The second-order valence-corrected chi connectivity index (χ2v) is 7.08. The summed E-state index contributed by atoms with van der Waals surface area (Å²) in [5.41, 5.74) is 2.44. The molecule has 3 aromatic rings. The summed E-state index contributed by atoms with van der Waals surface area (Å²) >= 11 is 0. The summed E-state index contributed by atoms with van der Waals surface area (Å²) in [6, 6.07) is 13.3. The van der Waals surface area contributed by atoms with Gasteiger partial charge in [0.1, 0.15) is 0 Å². The van der Waals surface area contributed by atoms with E-state index in [1.807, 2.05) is 72.1 Å². The molecule has 0 fully saturated rings. The molecule has 30 heavy (non-hydrogen) atoms. The van der Waals surface area contributed by atoms with Gasteiger partial charge in [-0.1, -0.05) is 18.2 Å². The molecule has 9 heteroatoms. The largest absolute Gasteiger partial charge is 0.352 e. The number of pyridine rings is 1. The Hall–Kier alpha value is -3.46. The Morgan fingerprint density at radius 1 is 1.07 bits per heavy atom. The van der Waals surface area contributed by atoms with Crippen LogP contribution in [0.5, 0.6) is 0 Å². The maximum atomic E-state index is 12.3. The normalized spacial score (nSPS) is 11.7. The van der Waals surface area contributed by atoms with Crippen molar-refractivity contribution in [1.29, 1.82) is 0 Å². The first-order valence-electron chi connectivity index (χ1n) is 9.82. The van der Waals surface area contributed by atoms with Crippen molar-refractivity contribution in [2.24, 2.45) is 4.99 Å². The van der Waals surface area contributed by atoms with Gasteiger partial charge in [0.15, 0.2) is 17.4 Å². The van der Waals surface area contributed by atoms with Gasteiger partial charge < -0.3 is 20.9 Å². The number of rotatable bonds is 8. The smallest absolute Gasteiger partial charge is 0.251 e. The van der Waals surface area contributed by atoms with E-state index in [9.17, 15) is 4.79 Å². The highest BCUT2D eigenvalue weighted by molar-refractivity contribution is 5.94. The first-order valence-corrected chi connectivity index (χ1v) is 9.82. The van der Waals surface area contributed by atoms with Crippen LogP contribution in [0.3, 0.4) is 0 Å². The lowest BCUT2D eigenvalue weighted by Crippen LogP contribution is -2.36. The minimum absolute atomic E-state index is 0.0695. The molecule has 0 atom stereocenters. The summed E-state index contributed by atoms with van der Waals surface area (Å²) in [6.45, 7) is 2.44. The van der Waals surface area contributed by atoms with E-state index in [-0.39, 0.29) is 5.91 Å². The number of nitrogens with zero attached hydrogens (tertiary/aromatic N) is 5. The van der Waals surface area contributed by atoms with E-state index in [1.54, 1.807) is 7.05 Å². The monoisotopic (exact) mass is 408 g/mol. The van der Waals surface area contributed by atoms with Crippen molar-refractivity contribution in [2.45, 2.75) is 13.1 Å². The van der Waals surface area contributed by atoms with Gasteiger partial charge in [0.05, 0.1) is 6.54 Å². The lowest BCUT2D eigenvalue weighted by Gasteiger charge is -2.13. The molecule has 0 saturated carbocycles. The number of guanidine groups is 1. The molecule has 0 aliphatic heterocycles. The lowest BCUT2D eigenvalue weighted by molar-refractivity contribution is 0.0951. The topological polar surface area (TPSA) is 99.0 Å². The molecule has 1 aromatic carbocycles. The van der Waals surface area contributed by atoms with E-state index in [2.05, 4.69) is 31.1 Å². The minimum atomic E-state index is -0.0695. The van der Waals surface area contributed by atoms with Crippen LogP contribution in [0, 0.1) is 0 Å². The van der Waals surface area contributed by atoms with E-state index in [0.717, 1.165) is 23.6 Å². The van der Waals surface area contributed by atoms with Crippen LogP contribution < -0.4 is 16.0 Å². The lowest BCUT2D eigenvalue weighted by atomic mass is 10.1. The Morgan fingerprint density at radius 2 is 1.90 bits per heavy atom. The molecule has 0 saturated heterocycles. The van der Waals surface area contributed by atoms with Crippen LogP contribution in [0.1, 0.15) is 21.7 Å². The maximum Gasteiger partial charge on any atom is 0.251 e. The quantitative estimate of drug-likeness (QED) is 0.378. The standard InChI is InChI=1S/C21H28N8O/c1-22-21(25-15-19-27-26-18-9-4-5-11-29(18)19)24-14-16-7-6-8-17(13-16)20(30)23-10-12-28(2)3/h4-9,11,13H,10,12,14-15H2,1-3H3,(H,23,30)(H2,22,24,25). The Labute approximate surface area is 176 Å². The highest BCUT2D eigenvalue weighted by Crippen LogP contribution is 2.06. The number of amides is 1. The molecule has 9 nitrogen and oxygen atoms in total. The molecular formula is C21H28N8O. The average Bonchev–Trinajstić information content (AvgIpc) is 3.17. The number of hydrogen-bond acceptors (Lipinski definition) is 5. The van der Waals surface area contributed by atoms with Gasteiger partial charge in [0.2, 0.25) is 0 Å². The first-order chi connectivity index (χ1) is 14.6. The number of nitrogens with one attached hydrogen (secondary N) is 3. The highest BCUT2D eigenvalue weighted by Gasteiger charge is 2.08. The zero-order valence-corrected chi connectivity index (χ0v) is 17.6. The van der Waals surface area contributed by atoms with Crippen molar-refractivity contribution in [3.63, 3.8) is 0 Å². The van der Waals surface area contributed by atoms with Gasteiger partial charge in [-0.3, -0.25) is 14.2 Å². The fourth-order valence-electron chi connectivity index (χ4n) is 2.90. The minimum Gasteiger partial charge on any atom is -0.352 e. The number of hydrogen-bond donors (Lipinski definition) is 3. The van der Waals surface area contributed by atoms with Crippen molar-refractivity contribution in [2.75, 3.05) is 34.2 Å². The molecule has 0 spiro atoms. The Kier molecular flexibility index (Phi) is 7.34. The zero-order chi connectivity index (χ0) is 21.3. The number of carbonyl (C=O) groups excluding carboxylic acids is 1. The fourth-order valence-corrected chi connectivity index (χ4v) is 2.90. The Bertz CT molecular complexity index is 1010. The predicted molar refractivity (Wildman–Crippen MR) is 117 cm³/mol. The fraction of sp³-hybridized carbons (Fsp3) is 0.333. The Morgan fingerprint density at radius 3 is 2.70 bits per heavy atom. The summed E-state index contributed by atoms with van der Waals surface area (Å²) in [4.78, 5) is 18.6. The van der Waals surface area contributed by atoms with Crippen molar-refractivity contribution < 1.29 is 4.79 Å². The molecule has 0 radical (unpaired) electrons. The number of fused-ring (bicyclic) bond motifs is 1. The third-order valence-electron chi connectivity index (χ3n) is 4.52. The van der Waals surface area contributed by atoms with Crippen LogP contribution in [-0.4, -0.2) is 65.6 Å². The molecule has 0 unspecified atom stereocenters. The van der Waals surface area contributed by atoms with Crippen molar-refractivity contribution in [1.82, 2.24) is 35.4 Å². The summed E-state index contributed by atoms with van der Waals surface area (Å²) in [5, 5.41) is 17.8. The van der Waals surface area contributed by atoms with Crippen LogP contribution >= 0.6 is 0 Å². The predicted octanol–water partition coefficient (Wildman–Crippen LogP) is 0.886. The maximum absolute atomic E-state index is 12.3. The summed E-state index contributed by atoms with van der Waals surface area (Å²) < 4.78 is 1.93. The molecule has 0 bridgehead atoms. The van der Waals surface area contributed by atoms with E-state index in [0.29, 0.717) is 31.2 Å². The van der Waals surface area contributed by atoms with Gasteiger partial charge in [0, 0.05) is 38.4 Å². The van der Waals surface area contributed by atoms with Gasteiger partial charge in [-0.05, 0) is 43.9 Å². The molecule has 2 heterocycles. The molecule has 3 rings (SSSR count). The summed E-state index contributed by atoms with van der Waals surface area (Å²) in [7, 11) is 5.67. The molecule has 158 valence electrons. The van der Waals surface area contributed by atoms with Crippen LogP contribution in [-0.2, 0) is 13.1 Å².